The molecule has 2 aliphatic rings. The maximum absolute atomic E-state index is 3.67. The molecule has 2 fully saturated rings. The highest BCUT2D eigenvalue weighted by Gasteiger charge is 2.47. The largest absolute Gasteiger partial charge is 0.311 e. The van der Waals surface area contributed by atoms with Gasteiger partial charge >= 0.3 is 0 Å². The quantitative estimate of drug-likeness (QED) is 0.789. The van der Waals surface area contributed by atoms with Crippen molar-refractivity contribution in [2.24, 2.45) is 11.8 Å². The second kappa shape index (κ2) is 4.66. The second-order valence-electron chi connectivity index (χ2n) is 6.54. The number of rotatable bonds is 4. The summed E-state index contributed by atoms with van der Waals surface area (Å²) in [6, 6.07) is 0.666. The van der Waals surface area contributed by atoms with Crippen LogP contribution in [0, 0.1) is 11.8 Å². The third kappa shape index (κ3) is 2.60. The number of piperazine rings is 1. The summed E-state index contributed by atoms with van der Waals surface area (Å²) in [6.45, 7) is 13.2. The van der Waals surface area contributed by atoms with E-state index in [9.17, 15) is 0 Å². The van der Waals surface area contributed by atoms with Crippen molar-refractivity contribution in [2.45, 2.75) is 58.5 Å². The zero-order valence-corrected chi connectivity index (χ0v) is 11.4. The molecule has 1 saturated heterocycles. The first-order chi connectivity index (χ1) is 7.52. The maximum Gasteiger partial charge on any atom is 0.0334 e. The minimum atomic E-state index is 0.446. The van der Waals surface area contributed by atoms with Crippen LogP contribution in [0.1, 0.15) is 47.0 Å². The zero-order valence-electron chi connectivity index (χ0n) is 11.4. The van der Waals surface area contributed by atoms with E-state index in [0.717, 1.165) is 11.8 Å². The Balaban J connectivity index is 1.97. The van der Waals surface area contributed by atoms with Gasteiger partial charge in [0, 0.05) is 24.7 Å². The summed E-state index contributed by atoms with van der Waals surface area (Å²) in [5.74, 6) is 1.79. The number of hydrogen-bond acceptors (Lipinski definition) is 2. The molecule has 0 aromatic heterocycles. The minimum Gasteiger partial charge on any atom is -0.311 e. The van der Waals surface area contributed by atoms with E-state index in [2.05, 4.69) is 37.9 Å². The first-order valence-electron chi connectivity index (χ1n) is 7.01. The monoisotopic (exact) mass is 224 g/mol. The van der Waals surface area contributed by atoms with Crippen molar-refractivity contribution in [1.82, 2.24) is 10.2 Å². The van der Waals surface area contributed by atoms with Gasteiger partial charge in [-0.1, -0.05) is 13.8 Å². The van der Waals surface area contributed by atoms with Gasteiger partial charge in [-0.2, -0.15) is 0 Å². The Morgan fingerprint density at radius 3 is 2.62 bits per heavy atom. The molecule has 16 heavy (non-hydrogen) atoms. The van der Waals surface area contributed by atoms with Crippen molar-refractivity contribution in [1.29, 1.82) is 0 Å². The van der Waals surface area contributed by atoms with Gasteiger partial charge in [0.1, 0.15) is 0 Å². The summed E-state index contributed by atoms with van der Waals surface area (Å²) in [5.41, 5.74) is 0.446. The third-order valence-electron chi connectivity index (χ3n) is 4.46. The van der Waals surface area contributed by atoms with Crippen molar-refractivity contribution >= 4 is 0 Å². The molecule has 2 nitrogen and oxygen atoms in total. The Bertz CT molecular complexity index is 235. The van der Waals surface area contributed by atoms with Gasteiger partial charge in [-0.25, -0.2) is 0 Å². The zero-order chi connectivity index (χ0) is 11.8. The molecule has 2 heteroatoms. The van der Waals surface area contributed by atoms with Crippen LogP contribution in [-0.4, -0.2) is 36.1 Å². The van der Waals surface area contributed by atoms with Crippen LogP contribution >= 0.6 is 0 Å². The molecule has 94 valence electrons. The van der Waals surface area contributed by atoms with Crippen molar-refractivity contribution in [2.75, 3.05) is 19.6 Å². The molecule has 2 atom stereocenters. The summed E-state index contributed by atoms with van der Waals surface area (Å²) in [7, 11) is 0. The van der Waals surface area contributed by atoms with Gasteiger partial charge in [0.2, 0.25) is 0 Å². The first kappa shape index (κ1) is 12.4. The van der Waals surface area contributed by atoms with E-state index in [4.69, 9.17) is 0 Å². The Kier molecular flexibility index (Phi) is 3.60. The lowest BCUT2D eigenvalue weighted by atomic mass is 9.89. The van der Waals surface area contributed by atoms with Gasteiger partial charge in [-0.15, -0.1) is 0 Å². The standard InChI is InChI=1S/C14H28N2/c1-11(2)7-8-16-9-12(3)15-10-14(16,4)13-5-6-13/h11-13,15H,5-10H2,1-4H3. The molecule has 1 heterocycles. The Morgan fingerprint density at radius 1 is 1.38 bits per heavy atom. The summed E-state index contributed by atoms with van der Waals surface area (Å²) >= 11 is 0. The molecule has 0 aromatic rings. The van der Waals surface area contributed by atoms with Crippen LogP contribution in [-0.2, 0) is 0 Å². The fourth-order valence-electron chi connectivity index (χ4n) is 2.96. The van der Waals surface area contributed by atoms with Crippen LogP contribution in [0.4, 0.5) is 0 Å². The Labute approximate surface area is 101 Å². The highest BCUT2D eigenvalue weighted by molar-refractivity contribution is 5.04. The molecule has 2 rings (SSSR count). The van der Waals surface area contributed by atoms with Gasteiger partial charge in [0.15, 0.2) is 0 Å². The van der Waals surface area contributed by atoms with Crippen LogP contribution in [0.2, 0.25) is 0 Å². The smallest absolute Gasteiger partial charge is 0.0334 e. The van der Waals surface area contributed by atoms with E-state index in [1.54, 1.807) is 0 Å². The van der Waals surface area contributed by atoms with E-state index in [-0.39, 0.29) is 0 Å². The van der Waals surface area contributed by atoms with Gasteiger partial charge < -0.3 is 5.32 Å². The highest BCUT2D eigenvalue weighted by Crippen LogP contribution is 2.44. The molecule has 0 bridgehead atoms. The van der Waals surface area contributed by atoms with Crippen LogP contribution in [0.5, 0.6) is 0 Å². The van der Waals surface area contributed by atoms with Crippen LogP contribution in [0.25, 0.3) is 0 Å². The van der Waals surface area contributed by atoms with Gasteiger partial charge in [0.25, 0.3) is 0 Å². The summed E-state index contributed by atoms with van der Waals surface area (Å²) in [6.07, 6.45) is 4.24. The topological polar surface area (TPSA) is 15.3 Å². The summed E-state index contributed by atoms with van der Waals surface area (Å²) < 4.78 is 0. The van der Waals surface area contributed by atoms with Crippen molar-refractivity contribution in [3.63, 3.8) is 0 Å². The fourth-order valence-corrected chi connectivity index (χ4v) is 2.96. The van der Waals surface area contributed by atoms with E-state index >= 15 is 0 Å². The molecule has 1 N–H and O–H groups in total. The van der Waals surface area contributed by atoms with E-state index in [1.807, 2.05) is 0 Å². The first-order valence-corrected chi connectivity index (χ1v) is 7.01. The predicted octanol–water partition coefficient (Wildman–Crippen LogP) is 2.49. The lowest BCUT2D eigenvalue weighted by Gasteiger charge is -2.48. The Hall–Kier alpha value is -0.0800. The molecule has 0 aromatic carbocycles. The highest BCUT2D eigenvalue weighted by atomic mass is 15.3. The van der Waals surface area contributed by atoms with Crippen molar-refractivity contribution in [3.05, 3.63) is 0 Å². The summed E-state index contributed by atoms with van der Waals surface area (Å²) in [4.78, 5) is 2.77. The molecule has 1 aliphatic heterocycles. The number of hydrogen-bond donors (Lipinski definition) is 1. The number of nitrogens with one attached hydrogen (secondary N) is 1. The van der Waals surface area contributed by atoms with Crippen LogP contribution in [0.15, 0.2) is 0 Å². The second-order valence-corrected chi connectivity index (χ2v) is 6.54. The lowest BCUT2D eigenvalue weighted by Crippen LogP contribution is -2.63. The molecule has 2 unspecified atom stereocenters. The molecule has 1 aliphatic carbocycles. The average Bonchev–Trinajstić information content (AvgIpc) is 3.03. The average molecular weight is 224 g/mol. The van der Waals surface area contributed by atoms with E-state index < -0.39 is 0 Å². The maximum atomic E-state index is 3.67. The normalized spacial score (nSPS) is 36.9. The Morgan fingerprint density at radius 2 is 2.06 bits per heavy atom. The molecular weight excluding hydrogens is 196 g/mol. The molecule has 0 amide bonds. The minimum absolute atomic E-state index is 0.446. The van der Waals surface area contributed by atoms with Crippen LogP contribution in [0.3, 0.4) is 0 Å². The van der Waals surface area contributed by atoms with Crippen molar-refractivity contribution in [3.8, 4) is 0 Å². The predicted molar refractivity (Wildman–Crippen MR) is 69.6 cm³/mol. The van der Waals surface area contributed by atoms with Gasteiger partial charge in [-0.05, 0) is 51.5 Å². The van der Waals surface area contributed by atoms with E-state index in [1.165, 1.54) is 38.9 Å². The SMILES string of the molecule is CC(C)CCN1CC(C)NCC1(C)C1CC1. The molecule has 0 radical (unpaired) electrons. The molecule has 1 saturated carbocycles. The lowest BCUT2D eigenvalue weighted by molar-refractivity contribution is 0.0347. The molecule has 0 spiro atoms. The summed E-state index contributed by atoms with van der Waals surface area (Å²) in [5, 5.41) is 3.67. The van der Waals surface area contributed by atoms with Gasteiger partial charge in [-0.3, -0.25) is 4.90 Å². The van der Waals surface area contributed by atoms with Crippen LogP contribution < -0.4 is 5.32 Å². The van der Waals surface area contributed by atoms with E-state index in [0.29, 0.717) is 11.6 Å². The van der Waals surface area contributed by atoms with Gasteiger partial charge in [0.05, 0.1) is 0 Å². The number of nitrogens with zero attached hydrogens (tertiary/aromatic N) is 1. The fraction of sp³-hybridized carbons (Fsp3) is 1.00. The molecular formula is C14H28N2. The van der Waals surface area contributed by atoms with Crippen molar-refractivity contribution < 1.29 is 0 Å². The third-order valence-corrected chi connectivity index (χ3v) is 4.46.